The number of rotatable bonds is 3. The van der Waals surface area contributed by atoms with E-state index in [-0.39, 0.29) is 17.3 Å². The highest BCUT2D eigenvalue weighted by atomic mass is 16.6. The van der Waals surface area contributed by atoms with E-state index >= 15 is 0 Å². The van der Waals surface area contributed by atoms with Gasteiger partial charge in [0.05, 0.1) is 30.0 Å². The molecule has 2 heterocycles. The van der Waals surface area contributed by atoms with Crippen molar-refractivity contribution < 1.29 is 14.6 Å². The second-order valence-corrected chi connectivity index (χ2v) is 6.64. The van der Waals surface area contributed by atoms with E-state index in [0.717, 1.165) is 32.3 Å². The molecule has 2 aliphatic heterocycles. The lowest BCUT2D eigenvalue weighted by molar-refractivity contribution is 0.0145. The largest absolute Gasteiger partial charge is 0.393 e. The molecule has 0 aromatic rings. The normalized spacial score (nSPS) is 50.1. The Morgan fingerprint density at radius 1 is 1.44 bits per heavy atom. The quantitative estimate of drug-likeness (QED) is 0.620. The lowest BCUT2D eigenvalue weighted by Crippen LogP contribution is -2.43. The lowest BCUT2D eigenvalue weighted by atomic mass is 9.70. The Hall–Kier alpha value is -0.380. The minimum atomic E-state index is -0.171. The van der Waals surface area contributed by atoms with Gasteiger partial charge in [-0.05, 0) is 46.5 Å². The van der Waals surface area contributed by atoms with Gasteiger partial charge in [0.1, 0.15) is 0 Å². The molecule has 3 aliphatic rings. The second-order valence-electron chi connectivity index (χ2n) is 6.64. The summed E-state index contributed by atoms with van der Waals surface area (Å²) in [6, 6.07) is 0. The zero-order valence-corrected chi connectivity index (χ0v) is 11.6. The Bertz CT molecular complexity index is 368. The van der Waals surface area contributed by atoms with Crippen molar-refractivity contribution in [2.24, 2.45) is 5.92 Å². The Balaban J connectivity index is 1.69. The predicted molar refractivity (Wildman–Crippen MR) is 69.4 cm³/mol. The molecule has 0 bridgehead atoms. The third kappa shape index (κ3) is 2.02. The highest BCUT2D eigenvalue weighted by molar-refractivity contribution is 5.17. The van der Waals surface area contributed by atoms with Crippen molar-refractivity contribution in [2.75, 3.05) is 6.61 Å². The van der Waals surface area contributed by atoms with Crippen LogP contribution in [0.1, 0.15) is 46.5 Å². The highest BCUT2D eigenvalue weighted by Gasteiger charge is 2.68. The molecule has 0 aromatic heterocycles. The summed E-state index contributed by atoms with van der Waals surface area (Å²) < 4.78 is 11.7. The van der Waals surface area contributed by atoms with Gasteiger partial charge in [0.25, 0.3) is 0 Å². The van der Waals surface area contributed by atoms with Gasteiger partial charge in [0.2, 0.25) is 0 Å². The van der Waals surface area contributed by atoms with E-state index in [0.29, 0.717) is 12.0 Å². The summed E-state index contributed by atoms with van der Waals surface area (Å²) in [4.78, 5) is 0. The summed E-state index contributed by atoms with van der Waals surface area (Å²) in [5, 5.41) is 9.91. The Morgan fingerprint density at radius 2 is 2.17 bits per heavy atom. The van der Waals surface area contributed by atoms with Crippen LogP contribution in [0.3, 0.4) is 0 Å². The van der Waals surface area contributed by atoms with Crippen LogP contribution in [0.5, 0.6) is 0 Å². The zero-order chi connectivity index (χ0) is 13.0. The summed E-state index contributed by atoms with van der Waals surface area (Å²) in [5.74, 6) is 0.365. The Morgan fingerprint density at radius 3 is 2.78 bits per heavy atom. The summed E-state index contributed by atoms with van der Waals surface area (Å²) in [6.07, 6.45) is 6.08. The van der Waals surface area contributed by atoms with Gasteiger partial charge in [0, 0.05) is 5.92 Å². The minimum absolute atomic E-state index is 0.0354. The molecule has 0 amide bonds. The molecule has 18 heavy (non-hydrogen) atoms. The first-order valence-corrected chi connectivity index (χ1v) is 7.09. The smallest absolute Gasteiger partial charge is 0.0980 e. The summed E-state index contributed by atoms with van der Waals surface area (Å²) in [6.45, 7) is 7.30. The molecule has 5 atom stereocenters. The number of aliphatic hydroxyl groups excluding tert-OH is 1. The SMILES string of the molecule is CC(C)=CC[C@H]1O[C@]1(C)[C@H]1C[C@@H](O)CC[C@]12CO2. The monoisotopic (exact) mass is 252 g/mol. The van der Waals surface area contributed by atoms with Gasteiger partial charge in [-0.15, -0.1) is 0 Å². The van der Waals surface area contributed by atoms with Gasteiger partial charge in [-0.2, -0.15) is 0 Å². The van der Waals surface area contributed by atoms with Crippen molar-refractivity contribution in [1.29, 1.82) is 0 Å². The number of epoxide rings is 2. The topological polar surface area (TPSA) is 45.3 Å². The molecule has 102 valence electrons. The van der Waals surface area contributed by atoms with Crippen LogP contribution in [-0.4, -0.2) is 35.1 Å². The number of hydrogen-bond acceptors (Lipinski definition) is 3. The van der Waals surface area contributed by atoms with Gasteiger partial charge >= 0.3 is 0 Å². The molecular weight excluding hydrogens is 228 g/mol. The van der Waals surface area contributed by atoms with Crippen molar-refractivity contribution in [3.8, 4) is 0 Å². The second kappa shape index (κ2) is 4.06. The summed E-state index contributed by atoms with van der Waals surface area (Å²) >= 11 is 0. The predicted octanol–water partition coefficient (Wildman–Crippen LogP) is 2.43. The molecular formula is C15H24O3. The molecule has 1 saturated carbocycles. The third-order valence-corrected chi connectivity index (χ3v) is 4.97. The number of ether oxygens (including phenoxy) is 2. The fourth-order valence-corrected chi connectivity index (χ4v) is 3.59. The van der Waals surface area contributed by atoms with Gasteiger partial charge in [-0.1, -0.05) is 11.6 Å². The van der Waals surface area contributed by atoms with Crippen molar-refractivity contribution >= 4 is 0 Å². The first-order chi connectivity index (χ1) is 8.46. The Kier molecular flexibility index (Phi) is 2.85. The first kappa shape index (κ1) is 12.6. The molecule has 0 radical (unpaired) electrons. The van der Waals surface area contributed by atoms with Crippen LogP contribution in [0.2, 0.25) is 0 Å². The molecule has 1 N–H and O–H groups in total. The molecule has 1 spiro atoms. The molecule has 0 unspecified atom stereocenters. The number of allylic oxidation sites excluding steroid dienone is 1. The van der Waals surface area contributed by atoms with Crippen LogP contribution >= 0.6 is 0 Å². The van der Waals surface area contributed by atoms with Crippen LogP contribution in [0.4, 0.5) is 0 Å². The molecule has 3 fully saturated rings. The van der Waals surface area contributed by atoms with Crippen molar-refractivity contribution in [3.05, 3.63) is 11.6 Å². The standard InChI is InChI=1S/C15H24O3/c1-10(2)4-5-13-14(3,18-13)12-8-11(16)6-7-15(12)9-17-15/h4,11-13,16H,5-9H2,1-3H3/t11-,12+,13+,14+,15-/m0/s1. The maximum atomic E-state index is 9.91. The summed E-state index contributed by atoms with van der Waals surface area (Å²) in [5.41, 5.74) is 1.30. The van der Waals surface area contributed by atoms with E-state index < -0.39 is 0 Å². The fourth-order valence-electron chi connectivity index (χ4n) is 3.59. The average Bonchev–Trinajstić information content (AvgIpc) is 3.19. The number of aliphatic hydroxyl groups is 1. The molecule has 0 aromatic carbocycles. The molecule has 3 nitrogen and oxygen atoms in total. The maximum Gasteiger partial charge on any atom is 0.0980 e. The fraction of sp³-hybridized carbons (Fsp3) is 0.867. The highest BCUT2D eigenvalue weighted by Crippen LogP contribution is 2.58. The van der Waals surface area contributed by atoms with Gasteiger partial charge in [-0.3, -0.25) is 0 Å². The van der Waals surface area contributed by atoms with Crippen LogP contribution in [0.25, 0.3) is 0 Å². The van der Waals surface area contributed by atoms with E-state index in [1.807, 2.05) is 0 Å². The van der Waals surface area contributed by atoms with Crippen molar-refractivity contribution in [1.82, 2.24) is 0 Å². The van der Waals surface area contributed by atoms with Crippen LogP contribution < -0.4 is 0 Å². The van der Waals surface area contributed by atoms with Gasteiger partial charge in [0.15, 0.2) is 0 Å². The molecule has 3 heteroatoms. The van der Waals surface area contributed by atoms with E-state index in [1.165, 1.54) is 5.57 Å². The molecule has 2 saturated heterocycles. The van der Waals surface area contributed by atoms with E-state index in [4.69, 9.17) is 9.47 Å². The first-order valence-electron chi connectivity index (χ1n) is 7.09. The van der Waals surface area contributed by atoms with Crippen LogP contribution in [0, 0.1) is 5.92 Å². The average molecular weight is 252 g/mol. The lowest BCUT2D eigenvalue weighted by Gasteiger charge is -2.35. The number of hydrogen-bond donors (Lipinski definition) is 1. The zero-order valence-electron chi connectivity index (χ0n) is 11.6. The summed E-state index contributed by atoms with van der Waals surface area (Å²) in [7, 11) is 0. The Labute approximate surface area is 109 Å². The van der Waals surface area contributed by atoms with E-state index in [9.17, 15) is 5.11 Å². The van der Waals surface area contributed by atoms with Crippen LogP contribution in [-0.2, 0) is 9.47 Å². The third-order valence-electron chi connectivity index (χ3n) is 4.97. The van der Waals surface area contributed by atoms with Crippen LogP contribution in [0.15, 0.2) is 11.6 Å². The minimum Gasteiger partial charge on any atom is -0.393 e. The van der Waals surface area contributed by atoms with Crippen molar-refractivity contribution in [2.45, 2.75) is 69.9 Å². The van der Waals surface area contributed by atoms with E-state index in [1.54, 1.807) is 0 Å². The molecule has 1 aliphatic carbocycles. The molecule has 3 rings (SSSR count). The maximum absolute atomic E-state index is 9.91. The van der Waals surface area contributed by atoms with Gasteiger partial charge < -0.3 is 14.6 Å². The van der Waals surface area contributed by atoms with Gasteiger partial charge in [-0.25, -0.2) is 0 Å². The van der Waals surface area contributed by atoms with Crippen molar-refractivity contribution in [3.63, 3.8) is 0 Å². The van der Waals surface area contributed by atoms with E-state index in [2.05, 4.69) is 26.8 Å².